The first-order valence-electron chi connectivity index (χ1n) is 5.58. The monoisotopic (exact) mass is 183 g/mol. The molecule has 13 heavy (non-hydrogen) atoms. The molecular formula is C11H21NO. The Morgan fingerprint density at radius 3 is 2.38 bits per heavy atom. The average Bonchev–Trinajstić information content (AvgIpc) is 2.63. The molecule has 0 aromatic carbocycles. The summed E-state index contributed by atoms with van der Waals surface area (Å²) in [5.74, 6) is 0. The molecule has 1 N–H and O–H groups in total. The van der Waals surface area contributed by atoms with Crippen molar-refractivity contribution in [2.45, 2.75) is 63.6 Å². The topological polar surface area (TPSA) is 21.3 Å². The minimum absolute atomic E-state index is 0.0581. The Hall–Kier alpha value is -0.0800. The van der Waals surface area contributed by atoms with Crippen LogP contribution in [0.15, 0.2) is 0 Å². The molecule has 0 radical (unpaired) electrons. The molecule has 0 aromatic rings. The highest BCUT2D eigenvalue weighted by Crippen LogP contribution is 2.27. The van der Waals surface area contributed by atoms with Crippen LogP contribution in [0.1, 0.15) is 46.0 Å². The van der Waals surface area contributed by atoms with E-state index < -0.39 is 0 Å². The van der Waals surface area contributed by atoms with E-state index >= 15 is 0 Å². The third-order valence-corrected chi connectivity index (χ3v) is 3.51. The summed E-state index contributed by atoms with van der Waals surface area (Å²) >= 11 is 0. The van der Waals surface area contributed by atoms with Gasteiger partial charge >= 0.3 is 0 Å². The lowest BCUT2D eigenvalue weighted by molar-refractivity contribution is 0.0196. The zero-order valence-electron chi connectivity index (χ0n) is 8.81. The van der Waals surface area contributed by atoms with Crippen molar-refractivity contribution < 1.29 is 4.74 Å². The van der Waals surface area contributed by atoms with Gasteiger partial charge in [-0.25, -0.2) is 0 Å². The van der Waals surface area contributed by atoms with Crippen LogP contribution >= 0.6 is 0 Å². The summed E-state index contributed by atoms with van der Waals surface area (Å²) in [6.45, 7) is 5.33. The van der Waals surface area contributed by atoms with E-state index in [0.717, 1.165) is 12.6 Å². The molecule has 2 rings (SSSR count). The van der Waals surface area contributed by atoms with Crippen molar-refractivity contribution in [3.63, 3.8) is 0 Å². The van der Waals surface area contributed by atoms with E-state index in [9.17, 15) is 0 Å². The molecule has 0 bridgehead atoms. The Morgan fingerprint density at radius 1 is 1.15 bits per heavy atom. The van der Waals surface area contributed by atoms with Crippen LogP contribution in [0.4, 0.5) is 0 Å². The van der Waals surface area contributed by atoms with Crippen molar-refractivity contribution >= 4 is 0 Å². The van der Waals surface area contributed by atoms with Crippen molar-refractivity contribution in [1.29, 1.82) is 0 Å². The minimum atomic E-state index is 0.0581. The molecule has 1 atom stereocenters. The first-order chi connectivity index (χ1) is 6.18. The molecular weight excluding hydrogens is 162 g/mol. The molecule has 1 heterocycles. The number of nitrogens with one attached hydrogen (secondary N) is 1. The van der Waals surface area contributed by atoms with E-state index in [1.165, 1.54) is 32.1 Å². The van der Waals surface area contributed by atoms with E-state index in [4.69, 9.17) is 4.74 Å². The second-order valence-electron chi connectivity index (χ2n) is 4.94. The molecule has 2 nitrogen and oxygen atoms in total. The van der Waals surface area contributed by atoms with Crippen molar-refractivity contribution in [2.24, 2.45) is 0 Å². The summed E-state index contributed by atoms with van der Waals surface area (Å²) in [4.78, 5) is 0. The van der Waals surface area contributed by atoms with Gasteiger partial charge in [0, 0.05) is 18.7 Å². The van der Waals surface area contributed by atoms with Gasteiger partial charge in [0.15, 0.2) is 0 Å². The lowest BCUT2D eigenvalue weighted by atomic mass is 9.98. The molecule has 1 saturated carbocycles. The predicted molar refractivity (Wildman–Crippen MR) is 53.8 cm³/mol. The third-order valence-electron chi connectivity index (χ3n) is 3.51. The predicted octanol–water partition coefficient (Wildman–Crippen LogP) is 2.09. The number of ether oxygens (including phenoxy) is 1. The van der Waals surface area contributed by atoms with Crippen molar-refractivity contribution in [1.82, 2.24) is 5.32 Å². The zero-order chi connectivity index (χ0) is 9.31. The van der Waals surface area contributed by atoms with Gasteiger partial charge in [-0.05, 0) is 33.1 Å². The van der Waals surface area contributed by atoms with Gasteiger partial charge in [-0.3, -0.25) is 0 Å². The Bertz CT molecular complexity index is 173. The molecule has 0 spiro atoms. The fraction of sp³-hybridized carbons (Fsp3) is 1.00. The first kappa shape index (κ1) is 9.47. The van der Waals surface area contributed by atoms with E-state index in [-0.39, 0.29) is 5.60 Å². The van der Waals surface area contributed by atoms with Gasteiger partial charge in [0.2, 0.25) is 0 Å². The van der Waals surface area contributed by atoms with Crippen LogP contribution in [0, 0.1) is 0 Å². The van der Waals surface area contributed by atoms with Crippen LogP contribution in [-0.4, -0.2) is 24.3 Å². The molecule has 0 aromatic heterocycles. The van der Waals surface area contributed by atoms with Gasteiger partial charge in [0.25, 0.3) is 0 Å². The maximum absolute atomic E-state index is 5.70. The Morgan fingerprint density at radius 2 is 1.85 bits per heavy atom. The minimum Gasteiger partial charge on any atom is -0.374 e. The molecule has 1 aliphatic carbocycles. The van der Waals surface area contributed by atoms with Crippen molar-refractivity contribution in [3.05, 3.63) is 0 Å². The van der Waals surface area contributed by atoms with E-state index in [1.54, 1.807) is 0 Å². The Balaban J connectivity index is 1.86. The van der Waals surface area contributed by atoms with Gasteiger partial charge in [0.05, 0.1) is 5.60 Å². The highest BCUT2D eigenvalue weighted by atomic mass is 16.5. The summed E-state index contributed by atoms with van der Waals surface area (Å²) in [5.41, 5.74) is 0.0581. The highest BCUT2D eigenvalue weighted by Gasteiger charge is 2.36. The summed E-state index contributed by atoms with van der Waals surface area (Å²) in [6, 6.07) is 1.35. The van der Waals surface area contributed by atoms with Crippen LogP contribution in [0.2, 0.25) is 0 Å². The van der Waals surface area contributed by atoms with Crippen LogP contribution < -0.4 is 5.32 Å². The summed E-state index contributed by atoms with van der Waals surface area (Å²) in [7, 11) is 0. The van der Waals surface area contributed by atoms with E-state index in [0.29, 0.717) is 6.04 Å². The summed E-state index contributed by atoms with van der Waals surface area (Å²) < 4.78 is 5.70. The third kappa shape index (κ3) is 2.05. The number of hydrogen-bond acceptors (Lipinski definition) is 2. The van der Waals surface area contributed by atoms with Gasteiger partial charge in [-0.1, -0.05) is 12.8 Å². The molecule has 1 aliphatic heterocycles. The quantitative estimate of drug-likeness (QED) is 0.707. The molecule has 2 fully saturated rings. The fourth-order valence-corrected chi connectivity index (χ4v) is 2.55. The Labute approximate surface area is 81.0 Å². The summed E-state index contributed by atoms with van der Waals surface area (Å²) in [6.07, 6.45) is 6.74. The lowest BCUT2D eigenvalue weighted by Gasteiger charge is -2.29. The molecule has 1 saturated heterocycles. The standard InChI is InChI=1S/C11H21NO/c1-11(2)10(7-8-13-11)12-9-5-3-4-6-9/h9-10,12H,3-8H2,1-2H3. The van der Waals surface area contributed by atoms with Crippen LogP contribution in [0.25, 0.3) is 0 Å². The van der Waals surface area contributed by atoms with Crippen molar-refractivity contribution in [2.75, 3.05) is 6.61 Å². The molecule has 2 heteroatoms. The zero-order valence-corrected chi connectivity index (χ0v) is 8.81. The molecule has 1 unspecified atom stereocenters. The Kier molecular flexibility index (Phi) is 2.61. The lowest BCUT2D eigenvalue weighted by Crippen LogP contribution is -2.47. The maximum Gasteiger partial charge on any atom is 0.0779 e. The van der Waals surface area contributed by atoms with E-state index in [1.807, 2.05) is 0 Å². The molecule has 0 amide bonds. The largest absolute Gasteiger partial charge is 0.374 e. The normalized spacial score (nSPS) is 34.2. The average molecular weight is 183 g/mol. The van der Waals surface area contributed by atoms with Crippen LogP contribution in [-0.2, 0) is 4.74 Å². The van der Waals surface area contributed by atoms with Gasteiger partial charge in [-0.2, -0.15) is 0 Å². The number of rotatable bonds is 2. The smallest absolute Gasteiger partial charge is 0.0779 e. The van der Waals surface area contributed by atoms with Crippen LogP contribution in [0.3, 0.4) is 0 Å². The fourth-order valence-electron chi connectivity index (χ4n) is 2.55. The summed E-state index contributed by atoms with van der Waals surface area (Å²) in [5, 5.41) is 3.74. The molecule has 2 aliphatic rings. The van der Waals surface area contributed by atoms with Gasteiger partial charge in [-0.15, -0.1) is 0 Å². The first-order valence-corrected chi connectivity index (χ1v) is 5.58. The second-order valence-corrected chi connectivity index (χ2v) is 4.94. The number of hydrogen-bond donors (Lipinski definition) is 1. The SMILES string of the molecule is CC1(C)OCCC1NC1CCCC1. The van der Waals surface area contributed by atoms with E-state index in [2.05, 4.69) is 19.2 Å². The van der Waals surface area contributed by atoms with Crippen molar-refractivity contribution in [3.8, 4) is 0 Å². The molecule has 76 valence electrons. The highest BCUT2D eigenvalue weighted by molar-refractivity contribution is 4.93. The second kappa shape index (κ2) is 3.58. The van der Waals surface area contributed by atoms with Gasteiger partial charge < -0.3 is 10.1 Å². The maximum atomic E-state index is 5.70. The van der Waals surface area contributed by atoms with Gasteiger partial charge in [0.1, 0.15) is 0 Å². The van der Waals surface area contributed by atoms with Crippen LogP contribution in [0.5, 0.6) is 0 Å².